The minimum atomic E-state index is 0.387. The summed E-state index contributed by atoms with van der Waals surface area (Å²) in [4.78, 5) is 3.94. The molecule has 5 heteroatoms. The number of anilines is 1. The highest BCUT2D eigenvalue weighted by Crippen LogP contribution is 2.25. The molecule has 2 rings (SSSR count). The highest BCUT2D eigenvalue weighted by Gasteiger charge is 2.09. The lowest BCUT2D eigenvalue weighted by Gasteiger charge is -2.01. The van der Waals surface area contributed by atoms with Gasteiger partial charge in [0.1, 0.15) is 6.07 Å². The monoisotopic (exact) mass is 202 g/mol. The van der Waals surface area contributed by atoms with Gasteiger partial charge in [0.15, 0.2) is 0 Å². The molecule has 0 aliphatic carbocycles. The smallest absolute Gasteiger partial charge is 0.102 e. The Labute approximate surface area is 84.8 Å². The van der Waals surface area contributed by atoms with Crippen LogP contribution in [0.5, 0.6) is 0 Å². The van der Waals surface area contributed by atoms with Crippen LogP contribution in [0.2, 0.25) is 0 Å². The summed E-state index contributed by atoms with van der Waals surface area (Å²) < 4.78 is 4.13. The Balaban J connectivity index is 2.66. The van der Waals surface area contributed by atoms with E-state index in [4.69, 9.17) is 11.0 Å². The maximum atomic E-state index is 8.92. The van der Waals surface area contributed by atoms with Crippen LogP contribution in [-0.4, -0.2) is 9.36 Å². The van der Waals surface area contributed by atoms with E-state index in [2.05, 4.69) is 15.4 Å². The number of nitriles is 1. The summed E-state index contributed by atoms with van der Waals surface area (Å²) in [6.07, 6.45) is 3.07. The van der Waals surface area contributed by atoms with Gasteiger partial charge < -0.3 is 5.73 Å². The minimum absolute atomic E-state index is 0.387. The van der Waals surface area contributed by atoms with E-state index in [1.54, 1.807) is 6.20 Å². The van der Waals surface area contributed by atoms with Crippen LogP contribution in [0.4, 0.5) is 5.69 Å². The molecule has 14 heavy (non-hydrogen) atoms. The van der Waals surface area contributed by atoms with Crippen LogP contribution in [0.15, 0.2) is 23.8 Å². The Morgan fingerprint density at radius 1 is 1.43 bits per heavy atom. The van der Waals surface area contributed by atoms with Crippen LogP contribution in [-0.2, 0) is 0 Å². The zero-order chi connectivity index (χ0) is 9.97. The molecule has 0 radical (unpaired) electrons. The first-order valence-electron chi connectivity index (χ1n) is 3.87. The third-order valence-electron chi connectivity index (χ3n) is 1.80. The fourth-order valence-corrected chi connectivity index (χ4v) is 1.67. The largest absolute Gasteiger partial charge is 0.396 e. The molecule has 0 aliphatic rings. The first-order chi connectivity index (χ1) is 6.83. The second-order valence-corrected chi connectivity index (χ2v) is 3.31. The highest BCUT2D eigenvalue weighted by molar-refractivity contribution is 7.03. The molecule has 2 aromatic rings. The van der Waals surface area contributed by atoms with Gasteiger partial charge in [0.05, 0.1) is 23.1 Å². The molecule has 0 amide bonds. The third-order valence-corrected chi connectivity index (χ3v) is 2.36. The van der Waals surface area contributed by atoms with Crippen LogP contribution in [0.25, 0.3) is 11.3 Å². The Bertz CT molecular complexity index is 484. The second kappa shape index (κ2) is 3.44. The lowest BCUT2D eigenvalue weighted by molar-refractivity contribution is 1.30. The summed E-state index contributed by atoms with van der Waals surface area (Å²) in [6, 6.07) is 3.89. The molecule has 2 heterocycles. The summed E-state index contributed by atoms with van der Waals surface area (Å²) in [5, 5.41) is 10.8. The molecule has 0 aromatic carbocycles. The van der Waals surface area contributed by atoms with Gasteiger partial charge in [0, 0.05) is 17.1 Å². The molecule has 0 aliphatic heterocycles. The van der Waals surface area contributed by atoms with Crippen molar-refractivity contribution >= 4 is 17.2 Å². The number of nitrogens with zero attached hydrogens (tertiary/aromatic N) is 3. The zero-order valence-corrected chi connectivity index (χ0v) is 7.95. The van der Waals surface area contributed by atoms with Gasteiger partial charge in [0.25, 0.3) is 0 Å². The van der Waals surface area contributed by atoms with Crippen LogP contribution in [0, 0.1) is 11.3 Å². The first kappa shape index (κ1) is 8.66. The Morgan fingerprint density at radius 3 is 2.93 bits per heavy atom. The molecule has 4 nitrogen and oxygen atoms in total. The molecule has 0 bridgehead atoms. The van der Waals surface area contributed by atoms with Crippen LogP contribution in [0.3, 0.4) is 0 Å². The van der Waals surface area contributed by atoms with Crippen molar-refractivity contribution in [3.05, 3.63) is 29.4 Å². The zero-order valence-electron chi connectivity index (χ0n) is 7.14. The van der Waals surface area contributed by atoms with Crippen molar-refractivity contribution in [2.75, 3.05) is 5.73 Å². The molecule has 2 N–H and O–H groups in total. The summed E-state index contributed by atoms with van der Waals surface area (Å²) in [6.45, 7) is 0. The predicted octanol–water partition coefficient (Wildman–Crippen LogP) is 1.66. The third kappa shape index (κ3) is 1.32. The molecule has 0 unspecified atom stereocenters. The van der Waals surface area contributed by atoms with Gasteiger partial charge in [0.2, 0.25) is 0 Å². The van der Waals surface area contributed by atoms with Crippen molar-refractivity contribution in [1.82, 2.24) is 9.36 Å². The first-order valence-corrected chi connectivity index (χ1v) is 4.71. The quantitative estimate of drug-likeness (QED) is 0.763. The van der Waals surface area contributed by atoms with Crippen LogP contribution >= 0.6 is 11.5 Å². The average molecular weight is 202 g/mol. The normalized spacial score (nSPS) is 9.64. The van der Waals surface area contributed by atoms with E-state index >= 15 is 0 Å². The summed E-state index contributed by atoms with van der Waals surface area (Å²) in [5.74, 6) is 0. The van der Waals surface area contributed by atoms with Crippen molar-refractivity contribution in [2.24, 2.45) is 0 Å². The molecule has 0 spiro atoms. The van der Waals surface area contributed by atoms with Gasteiger partial charge in [-0.05, 0) is 17.6 Å². The van der Waals surface area contributed by atoms with E-state index < -0.39 is 0 Å². The van der Waals surface area contributed by atoms with Crippen LogP contribution in [0.1, 0.15) is 5.56 Å². The van der Waals surface area contributed by atoms with Gasteiger partial charge in [-0.15, -0.1) is 0 Å². The topological polar surface area (TPSA) is 75.6 Å². The van der Waals surface area contributed by atoms with Gasteiger partial charge in [-0.1, -0.05) is 0 Å². The molecule has 0 saturated heterocycles. The molecular formula is C9H6N4S. The van der Waals surface area contributed by atoms with Crippen molar-refractivity contribution < 1.29 is 0 Å². The van der Waals surface area contributed by atoms with Crippen molar-refractivity contribution in [3.63, 3.8) is 0 Å². The minimum Gasteiger partial charge on any atom is -0.396 e. The van der Waals surface area contributed by atoms with E-state index in [0.29, 0.717) is 16.8 Å². The lowest BCUT2D eigenvalue weighted by atomic mass is 10.1. The maximum absolute atomic E-state index is 8.92. The number of nitrogen functional groups attached to an aromatic ring is 1. The van der Waals surface area contributed by atoms with Crippen molar-refractivity contribution in [2.45, 2.75) is 0 Å². The van der Waals surface area contributed by atoms with E-state index in [1.807, 2.05) is 11.4 Å². The van der Waals surface area contributed by atoms with Crippen LogP contribution < -0.4 is 5.73 Å². The number of pyridine rings is 1. The van der Waals surface area contributed by atoms with Crippen molar-refractivity contribution in [1.29, 1.82) is 5.26 Å². The number of rotatable bonds is 1. The number of hydrogen-bond donors (Lipinski definition) is 1. The fraction of sp³-hybridized carbons (Fsp3) is 0. The van der Waals surface area contributed by atoms with Gasteiger partial charge in [-0.25, -0.2) is 0 Å². The van der Waals surface area contributed by atoms with Gasteiger partial charge >= 0.3 is 0 Å². The summed E-state index contributed by atoms with van der Waals surface area (Å²) >= 11 is 1.33. The Hall–Kier alpha value is -1.93. The van der Waals surface area contributed by atoms with E-state index in [9.17, 15) is 0 Å². The standard InChI is InChI=1S/C9H6N4S/c10-3-6-7(4-12-5-8(6)11)9-1-2-14-13-9/h1-2,4-5H,11H2. The second-order valence-electron chi connectivity index (χ2n) is 2.65. The highest BCUT2D eigenvalue weighted by atomic mass is 32.1. The number of nitrogens with two attached hydrogens (primary N) is 1. The van der Waals surface area contributed by atoms with Gasteiger partial charge in [-0.3, -0.25) is 4.98 Å². The molecule has 2 aromatic heterocycles. The lowest BCUT2D eigenvalue weighted by Crippen LogP contribution is -1.94. The number of aromatic nitrogens is 2. The Morgan fingerprint density at radius 2 is 2.29 bits per heavy atom. The van der Waals surface area contributed by atoms with Crippen molar-refractivity contribution in [3.8, 4) is 17.3 Å². The molecular weight excluding hydrogens is 196 g/mol. The van der Waals surface area contributed by atoms with Gasteiger partial charge in [-0.2, -0.15) is 9.64 Å². The summed E-state index contributed by atoms with van der Waals surface area (Å²) in [7, 11) is 0. The van der Waals surface area contributed by atoms with E-state index in [0.717, 1.165) is 5.69 Å². The van der Waals surface area contributed by atoms with E-state index in [1.165, 1.54) is 17.7 Å². The molecule has 0 saturated carbocycles. The SMILES string of the molecule is N#Cc1c(N)cncc1-c1ccsn1. The number of hydrogen-bond acceptors (Lipinski definition) is 5. The predicted molar refractivity (Wildman–Crippen MR) is 54.5 cm³/mol. The van der Waals surface area contributed by atoms with E-state index in [-0.39, 0.29) is 0 Å². The summed E-state index contributed by atoms with van der Waals surface area (Å²) in [5.41, 5.74) is 7.88. The Kier molecular flexibility index (Phi) is 2.13. The average Bonchev–Trinajstić information content (AvgIpc) is 2.70. The molecule has 0 fully saturated rings. The maximum Gasteiger partial charge on any atom is 0.102 e. The molecule has 0 atom stereocenters. The molecule has 68 valence electrons. The fourth-order valence-electron chi connectivity index (χ4n) is 1.15.